The summed E-state index contributed by atoms with van der Waals surface area (Å²) in [5.74, 6) is -0.870. The van der Waals surface area contributed by atoms with Crippen LogP contribution in [-0.4, -0.2) is 16.6 Å². The van der Waals surface area contributed by atoms with E-state index in [0.29, 0.717) is 0 Å². The number of nitrogens with zero attached hydrogens (tertiary/aromatic N) is 2. The lowest BCUT2D eigenvalue weighted by molar-refractivity contribution is -0.386. The van der Waals surface area contributed by atoms with Gasteiger partial charge in [-0.3, -0.25) is 10.1 Å². The fourth-order valence-electron chi connectivity index (χ4n) is 1.66. The highest BCUT2D eigenvalue weighted by molar-refractivity contribution is 9.10. The van der Waals surface area contributed by atoms with Gasteiger partial charge in [-0.05, 0) is 29.8 Å². The summed E-state index contributed by atoms with van der Waals surface area (Å²) in [5, 5.41) is 19.7. The number of nitriles is 1. The van der Waals surface area contributed by atoms with Crippen molar-refractivity contribution in [3.8, 4) is 11.8 Å². The molecule has 108 valence electrons. The highest BCUT2D eigenvalue weighted by Crippen LogP contribution is 2.33. The van der Waals surface area contributed by atoms with Crippen molar-refractivity contribution in [2.45, 2.75) is 31.9 Å². The fourth-order valence-corrected chi connectivity index (χ4v) is 1.99. The summed E-state index contributed by atoms with van der Waals surface area (Å²) < 4.78 is 18.8. The summed E-state index contributed by atoms with van der Waals surface area (Å²) in [6.07, 6.45) is -0.429. The van der Waals surface area contributed by atoms with Gasteiger partial charge in [-0.2, -0.15) is 5.26 Å². The van der Waals surface area contributed by atoms with E-state index in [0.717, 1.165) is 12.1 Å². The number of hydrogen-bond acceptors (Lipinski definition) is 5. The lowest BCUT2D eigenvalue weighted by Gasteiger charge is -2.21. The third-order valence-corrected chi connectivity index (χ3v) is 3.10. The van der Waals surface area contributed by atoms with Gasteiger partial charge in [0.1, 0.15) is 11.4 Å². The van der Waals surface area contributed by atoms with Crippen LogP contribution >= 0.6 is 15.9 Å². The van der Waals surface area contributed by atoms with E-state index in [4.69, 9.17) is 15.7 Å². The summed E-state index contributed by atoms with van der Waals surface area (Å²) >= 11 is 2.88. The zero-order valence-electron chi connectivity index (χ0n) is 10.9. The molecule has 0 aromatic heterocycles. The van der Waals surface area contributed by atoms with Crippen LogP contribution in [0.5, 0.6) is 5.75 Å². The molecule has 0 aliphatic rings. The average Bonchev–Trinajstić information content (AvgIpc) is 2.32. The van der Waals surface area contributed by atoms with Crippen LogP contribution in [0.1, 0.15) is 20.3 Å². The molecule has 0 aliphatic carbocycles. The van der Waals surface area contributed by atoms with Crippen LogP contribution in [-0.2, 0) is 0 Å². The Balaban J connectivity index is 3.00. The van der Waals surface area contributed by atoms with Gasteiger partial charge in [0, 0.05) is 18.6 Å². The molecule has 6 nitrogen and oxygen atoms in total. The second-order valence-electron chi connectivity index (χ2n) is 4.65. The summed E-state index contributed by atoms with van der Waals surface area (Å²) in [5.41, 5.74) is 4.18. The van der Waals surface area contributed by atoms with Gasteiger partial charge in [0.25, 0.3) is 0 Å². The molecule has 1 rings (SSSR count). The minimum absolute atomic E-state index is 0.0232. The van der Waals surface area contributed by atoms with E-state index in [9.17, 15) is 14.5 Å². The van der Waals surface area contributed by atoms with Gasteiger partial charge in [-0.1, -0.05) is 0 Å². The molecule has 0 spiro atoms. The Morgan fingerprint density at radius 1 is 1.70 bits per heavy atom. The third-order valence-electron chi connectivity index (χ3n) is 2.49. The monoisotopic (exact) mass is 345 g/mol. The number of nitrogens with two attached hydrogens (primary N) is 1. The lowest BCUT2D eigenvalue weighted by atomic mass is 9.98. The predicted octanol–water partition coefficient (Wildman–Crippen LogP) is 2.89. The molecule has 0 saturated heterocycles. The van der Waals surface area contributed by atoms with E-state index >= 15 is 0 Å². The Kier molecular flexibility index (Phi) is 5.03. The molecule has 0 fully saturated rings. The number of rotatable bonds is 5. The van der Waals surface area contributed by atoms with E-state index in [1.807, 2.05) is 6.07 Å². The normalized spacial score (nSPS) is 15.0. The average molecular weight is 346 g/mol. The molecular weight excluding hydrogens is 333 g/mol. The van der Waals surface area contributed by atoms with Crippen molar-refractivity contribution in [3.05, 3.63) is 32.5 Å². The number of benzene rings is 1. The first-order valence-electron chi connectivity index (χ1n) is 5.66. The molecule has 1 aromatic rings. The maximum absolute atomic E-state index is 13.5. The first kappa shape index (κ1) is 16.3. The van der Waals surface area contributed by atoms with Crippen LogP contribution in [0, 0.1) is 27.3 Å². The molecule has 0 saturated carbocycles. The van der Waals surface area contributed by atoms with Crippen molar-refractivity contribution >= 4 is 21.6 Å². The predicted molar refractivity (Wildman–Crippen MR) is 73.7 cm³/mol. The van der Waals surface area contributed by atoms with Gasteiger partial charge in [0.15, 0.2) is 5.75 Å². The largest absolute Gasteiger partial charge is 0.484 e. The van der Waals surface area contributed by atoms with Gasteiger partial charge in [-0.25, -0.2) is 4.39 Å². The molecular formula is C12H13BrFN3O3. The molecule has 1 aromatic carbocycles. The van der Waals surface area contributed by atoms with E-state index in [-0.39, 0.29) is 22.3 Å². The number of hydrogen-bond donors (Lipinski definition) is 1. The highest BCUT2D eigenvalue weighted by Gasteiger charge is 2.25. The zero-order chi connectivity index (χ0) is 15.5. The molecule has 0 radical (unpaired) electrons. The minimum atomic E-state index is -1.12. The minimum Gasteiger partial charge on any atom is -0.484 e. The highest BCUT2D eigenvalue weighted by atomic mass is 79.9. The van der Waals surface area contributed by atoms with Crippen LogP contribution in [0.15, 0.2) is 16.6 Å². The Hall–Kier alpha value is -1.72. The van der Waals surface area contributed by atoms with Crippen LogP contribution in [0.2, 0.25) is 0 Å². The molecule has 0 aliphatic heterocycles. The molecule has 2 N–H and O–H groups in total. The van der Waals surface area contributed by atoms with Crippen LogP contribution < -0.4 is 10.5 Å². The molecule has 20 heavy (non-hydrogen) atoms. The van der Waals surface area contributed by atoms with Crippen molar-refractivity contribution in [1.29, 1.82) is 5.26 Å². The second-order valence-corrected chi connectivity index (χ2v) is 5.51. The van der Waals surface area contributed by atoms with Crippen LogP contribution in [0.25, 0.3) is 0 Å². The number of nitro groups is 1. The molecule has 0 heterocycles. The van der Waals surface area contributed by atoms with Gasteiger partial charge in [0.05, 0.1) is 21.6 Å². The maximum atomic E-state index is 13.5. The Morgan fingerprint density at radius 3 is 2.80 bits per heavy atom. The smallest absolute Gasteiger partial charge is 0.312 e. The van der Waals surface area contributed by atoms with E-state index < -0.39 is 22.4 Å². The van der Waals surface area contributed by atoms with Crippen molar-refractivity contribution in [3.63, 3.8) is 0 Å². The van der Waals surface area contributed by atoms with Crippen LogP contribution in [0.4, 0.5) is 10.1 Å². The zero-order valence-corrected chi connectivity index (χ0v) is 12.5. The second kappa shape index (κ2) is 6.15. The van der Waals surface area contributed by atoms with Crippen molar-refractivity contribution < 1.29 is 14.1 Å². The van der Waals surface area contributed by atoms with Crippen molar-refractivity contribution in [2.75, 3.05) is 0 Å². The van der Waals surface area contributed by atoms with Crippen LogP contribution in [0.3, 0.4) is 0 Å². The summed E-state index contributed by atoms with van der Waals surface area (Å²) in [7, 11) is 0. The Morgan fingerprint density at radius 2 is 2.30 bits per heavy atom. The first-order valence-corrected chi connectivity index (χ1v) is 6.46. The van der Waals surface area contributed by atoms with Gasteiger partial charge < -0.3 is 10.5 Å². The Labute approximate surface area is 123 Å². The molecule has 2 atom stereocenters. The lowest BCUT2D eigenvalue weighted by Crippen LogP contribution is -2.38. The van der Waals surface area contributed by atoms with Gasteiger partial charge in [-0.15, -0.1) is 0 Å². The first-order chi connectivity index (χ1) is 9.16. The maximum Gasteiger partial charge on any atom is 0.312 e. The van der Waals surface area contributed by atoms with Crippen molar-refractivity contribution in [2.24, 2.45) is 5.73 Å². The van der Waals surface area contributed by atoms with Gasteiger partial charge in [0.2, 0.25) is 0 Å². The standard InChI is InChI=1S/C12H13BrFN3O3/c1-7(5-12(2,16)6-15)20-11-4-9(14)8(13)3-10(11)17(18)19/h3-4,7H,5,16H2,1-2H3. The molecule has 0 bridgehead atoms. The topological polar surface area (TPSA) is 102 Å². The fraction of sp³-hybridized carbons (Fsp3) is 0.417. The number of nitro benzene ring substituents is 1. The Bertz CT molecular complexity index is 572. The molecule has 2 unspecified atom stereocenters. The van der Waals surface area contributed by atoms with E-state index in [1.165, 1.54) is 6.92 Å². The van der Waals surface area contributed by atoms with E-state index in [2.05, 4.69) is 15.9 Å². The molecule has 0 amide bonds. The third kappa shape index (κ3) is 4.15. The quantitative estimate of drug-likeness (QED) is 0.652. The van der Waals surface area contributed by atoms with E-state index in [1.54, 1.807) is 6.92 Å². The number of ether oxygens (including phenoxy) is 1. The summed E-state index contributed by atoms with van der Waals surface area (Å²) in [6, 6.07) is 3.86. The molecule has 8 heteroatoms. The summed E-state index contributed by atoms with van der Waals surface area (Å²) in [6.45, 7) is 3.12. The SMILES string of the molecule is CC(CC(C)(N)C#N)Oc1cc(F)c(Br)cc1[N+](=O)[O-]. The summed E-state index contributed by atoms with van der Waals surface area (Å²) in [4.78, 5) is 10.2. The number of halogens is 2. The van der Waals surface area contributed by atoms with Gasteiger partial charge >= 0.3 is 5.69 Å². The van der Waals surface area contributed by atoms with Crippen molar-refractivity contribution in [1.82, 2.24) is 0 Å².